The summed E-state index contributed by atoms with van der Waals surface area (Å²) in [6.45, 7) is 5.45. The fourth-order valence-electron chi connectivity index (χ4n) is 5.88. The van der Waals surface area contributed by atoms with Gasteiger partial charge in [0.15, 0.2) is 23.2 Å². The zero-order valence-electron chi connectivity index (χ0n) is 23.0. The van der Waals surface area contributed by atoms with Gasteiger partial charge in [0.05, 0.1) is 12.7 Å². The number of unbranched alkanes of at least 4 members (excludes halogenated alkanes) is 1. The van der Waals surface area contributed by atoms with Crippen molar-refractivity contribution in [3.63, 3.8) is 0 Å². The predicted octanol–water partition coefficient (Wildman–Crippen LogP) is 9.55. The quantitative estimate of drug-likeness (QED) is 0.255. The van der Waals surface area contributed by atoms with Gasteiger partial charge in [-0.15, -0.1) is 0 Å². The number of rotatable bonds is 12. The monoisotopic (exact) mass is 528 g/mol. The Bertz CT molecular complexity index is 1070. The van der Waals surface area contributed by atoms with E-state index in [1.54, 1.807) is 24.3 Å². The van der Waals surface area contributed by atoms with Crippen LogP contribution in [-0.4, -0.2) is 19.3 Å². The first-order chi connectivity index (χ1) is 18.5. The average molecular weight is 529 g/mol. The third-order valence-electron chi connectivity index (χ3n) is 8.28. The van der Waals surface area contributed by atoms with Crippen LogP contribution in [0, 0.1) is 23.4 Å². The molecule has 0 spiro atoms. The summed E-state index contributed by atoms with van der Waals surface area (Å²) in [5, 5.41) is 0. The van der Waals surface area contributed by atoms with Gasteiger partial charge >= 0.3 is 0 Å². The second kappa shape index (κ2) is 14.2. The standard InChI is InChI=1S/C33H43F3O2/c1-3-5-21-38-31-19-15-27(22-30(31)34)24-9-6-23(7-10-24)8-11-26-14-18-29(33(36)32(26)35)25-12-16-28(17-13-25)37-20-4-2/h12,14-15,18-19,22-24,28H,3-11,13,16-17,20-21H2,1-2H3. The van der Waals surface area contributed by atoms with Crippen molar-refractivity contribution in [2.75, 3.05) is 13.2 Å². The van der Waals surface area contributed by atoms with Gasteiger partial charge in [0.25, 0.3) is 0 Å². The first-order valence-electron chi connectivity index (χ1n) is 14.7. The molecule has 2 nitrogen and oxygen atoms in total. The molecule has 2 aliphatic rings. The van der Waals surface area contributed by atoms with Crippen LogP contribution in [0.3, 0.4) is 0 Å². The summed E-state index contributed by atoms with van der Waals surface area (Å²) in [6, 6.07) is 8.91. The smallest absolute Gasteiger partial charge is 0.166 e. The molecule has 0 radical (unpaired) electrons. The third-order valence-corrected chi connectivity index (χ3v) is 8.28. The highest BCUT2D eigenvalue weighted by molar-refractivity contribution is 5.67. The summed E-state index contributed by atoms with van der Waals surface area (Å²) in [5.74, 6) is -0.533. The van der Waals surface area contributed by atoms with E-state index < -0.39 is 11.6 Å². The zero-order chi connectivity index (χ0) is 26.9. The lowest BCUT2D eigenvalue weighted by Crippen LogP contribution is -2.16. The van der Waals surface area contributed by atoms with Gasteiger partial charge in [-0.05, 0) is 111 Å². The highest BCUT2D eigenvalue weighted by Gasteiger charge is 2.25. The number of aryl methyl sites for hydroxylation is 1. The van der Waals surface area contributed by atoms with Crippen LogP contribution in [0.4, 0.5) is 13.2 Å². The number of benzene rings is 2. The Labute approximate surface area is 226 Å². The highest BCUT2D eigenvalue weighted by Crippen LogP contribution is 2.39. The molecule has 1 fully saturated rings. The van der Waals surface area contributed by atoms with Gasteiger partial charge in [-0.1, -0.05) is 44.5 Å². The molecule has 0 bridgehead atoms. The Morgan fingerprint density at radius 2 is 1.68 bits per heavy atom. The van der Waals surface area contributed by atoms with E-state index in [2.05, 4.69) is 13.8 Å². The van der Waals surface area contributed by atoms with Crippen molar-refractivity contribution in [1.29, 1.82) is 0 Å². The van der Waals surface area contributed by atoms with Crippen molar-refractivity contribution in [1.82, 2.24) is 0 Å². The Balaban J connectivity index is 1.27. The highest BCUT2D eigenvalue weighted by atomic mass is 19.2. The lowest BCUT2D eigenvalue weighted by Gasteiger charge is -2.29. The van der Waals surface area contributed by atoms with Gasteiger partial charge in [0, 0.05) is 12.2 Å². The van der Waals surface area contributed by atoms with Gasteiger partial charge in [-0.25, -0.2) is 13.2 Å². The molecule has 38 heavy (non-hydrogen) atoms. The normalized spacial score (nSPS) is 21.8. The van der Waals surface area contributed by atoms with E-state index in [4.69, 9.17) is 9.47 Å². The van der Waals surface area contributed by atoms with Gasteiger partial charge in [-0.2, -0.15) is 0 Å². The molecule has 0 N–H and O–H groups in total. The largest absolute Gasteiger partial charge is 0.491 e. The lowest BCUT2D eigenvalue weighted by molar-refractivity contribution is 0.0488. The molecule has 0 saturated heterocycles. The van der Waals surface area contributed by atoms with Crippen LogP contribution in [0.25, 0.3) is 5.57 Å². The average Bonchev–Trinajstić information content (AvgIpc) is 2.94. The second-order valence-corrected chi connectivity index (χ2v) is 11.0. The van der Waals surface area contributed by atoms with Crippen molar-refractivity contribution in [2.45, 2.75) is 103 Å². The van der Waals surface area contributed by atoms with E-state index in [9.17, 15) is 8.78 Å². The minimum atomic E-state index is -0.713. The summed E-state index contributed by atoms with van der Waals surface area (Å²) in [7, 11) is 0. The van der Waals surface area contributed by atoms with Gasteiger partial charge in [0.1, 0.15) is 0 Å². The van der Waals surface area contributed by atoms with Crippen LogP contribution >= 0.6 is 0 Å². The Hall–Kier alpha value is -2.27. The first kappa shape index (κ1) is 28.7. The predicted molar refractivity (Wildman–Crippen MR) is 148 cm³/mol. The van der Waals surface area contributed by atoms with Crippen LogP contribution in [0.5, 0.6) is 5.75 Å². The Kier molecular flexibility index (Phi) is 10.7. The van der Waals surface area contributed by atoms with E-state index >= 15 is 4.39 Å². The Morgan fingerprint density at radius 3 is 2.37 bits per heavy atom. The van der Waals surface area contributed by atoms with E-state index in [0.29, 0.717) is 48.2 Å². The number of ether oxygens (including phenoxy) is 2. The summed E-state index contributed by atoms with van der Waals surface area (Å²) in [6.07, 6.45) is 12.9. The first-order valence-corrected chi connectivity index (χ1v) is 14.7. The number of halogens is 3. The third kappa shape index (κ3) is 7.43. The van der Waals surface area contributed by atoms with Gasteiger partial charge in [0.2, 0.25) is 0 Å². The van der Waals surface area contributed by atoms with Crippen molar-refractivity contribution in [3.05, 3.63) is 70.5 Å². The van der Waals surface area contributed by atoms with Crippen molar-refractivity contribution in [3.8, 4) is 5.75 Å². The van der Waals surface area contributed by atoms with E-state index in [0.717, 1.165) is 82.0 Å². The molecule has 0 amide bonds. The molecular weight excluding hydrogens is 485 g/mol. The molecule has 1 atom stereocenters. The van der Waals surface area contributed by atoms with Crippen LogP contribution in [0.1, 0.15) is 107 Å². The van der Waals surface area contributed by atoms with Gasteiger partial charge < -0.3 is 9.47 Å². The summed E-state index contributed by atoms with van der Waals surface area (Å²) >= 11 is 0. The van der Waals surface area contributed by atoms with Crippen LogP contribution in [-0.2, 0) is 11.2 Å². The molecule has 0 aliphatic heterocycles. The van der Waals surface area contributed by atoms with Crippen molar-refractivity contribution >= 4 is 5.57 Å². The zero-order valence-corrected chi connectivity index (χ0v) is 23.0. The molecule has 0 aromatic heterocycles. The maximum atomic E-state index is 15.0. The fraction of sp³-hybridized carbons (Fsp3) is 0.576. The molecule has 1 saturated carbocycles. The van der Waals surface area contributed by atoms with Gasteiger partial charge in [-0.3, -0.25) is 0 Å². The number of hydrogen-bond donors (Lipinski definition) is 0. The maximum absolute atomic E-state index is 15.0. The molecule has 2 aromatic rings. The lowest BCUT2D eigenvalue weighted by atomic mass is 9.77. The molecule has 208 valence electrons. The molecule has 5 heteroatoms. The molecular formula is C33H43F3O2. The van der Waals surface area contributed by atoms with Crippen molar-refractivity contribution in [2.24, 2.45) is 5.92 Å². The SMILES string of the molecule is CCCCOc1ccc(C2CCC(CCc3ccc(C4=CCC(OCCC)CC4)c(F)c3F)CC2)cc1F. The fourth-order valence-corrected chi connectivity index (χ4v) is 5.88. The molecule has 4 rings (SSSR count). The topological polar surface area (TPSA) is 18.5 Å². The minimum absolute atomic E-state index is 0.184. The molecule has 2 aliphatic carbocycles. The Morgan fingerprint density at radius 1 is 0.868 bits per heavy atom. The van der Waals surface area contributed by atoms with E-state index in [1.807, 2.05) is 12.1 Å². The molecule has 1 unspecified atom stereocenters. The summed E-state index contributed by atoms with van der Waals surface area (Å²) in [4.78, 5) is 0. The number of hydrogen-bond acceptors (Lipinski definition) is 2. The summed E-state index contributed by atoms with van der Waals surface area (Å²) < 4.78 is 55.9. The van der Waals surface area contributed by atoms with Crippen molar-refractivity contribution < 1.29 is 22.6 Å². The maximum Gasteiger partial charge on any atom is 0.166 e. The molecule has 2 aromatic carbocycles. The van der Waals surface area contributed by atoms with Crippen LogP contribution in [0.2, 0.25) is 0 Å². The minimum Gasteiger partial charge on any atom is -0.491 e. The van der Waals surface area contributed by atoms with E-state index in [1.165, 1.54) is 0 Å². The second-order valence-electron chi connectivity index (χ2n) is 11.0. The number of allylic oxidation sites excluding steroid dienone is 1. The summed E-state index contributed by atoms with van der Waals surface area (Å²) in [5.41, 5.74) is 2.79. The van der Waals surface area contributed by atoms with Crippen LogP contribution < -0.4 is 4.74 Å². The molecule has 0 heterocycles. The van der Waals surface area contributed by atoms with Crippen LogP contribution in [0.15, 0.2) is 36.4 Å². The van der Waals surface area contributed by atoms with E-state index in [-0.39, 0.29) is 11.9 Å².